The van der Waals surface area contributed by atoms with Gasteiger partial charge >= 0.3 is 0 Å². The van der Waals surface area contributed by atoms with E-state index in [0.717, 1.165) is 56.1 Å². The van der Waals surface area contributed by atoms with Crippen LogP contribution < -0.4 is 26.2 Å². The minimum Gasteiger partial charge on any atom is -0.310 e. The normalized spacial score (nSPS) is 16.7. The molecule has 0 saturated heterocycles. The standard InChI is InChI=1S/C90H70BN3/c1-89(2,3)67-51-64-43-41-62-49-66(50-63-42-44-65(52-67)85(64)84(62)63)61-45-47-76-80(53-61)93(87-70(57-25-11-7-12-26-57)35-23-36-71(87)58-27-13-8-14-28-58)82-54-68(90(4,5)6)55-83-86(82)91(76)77-48-46-69(92-78-39-21-19-33-74(78)75-34-20-22-40-79(75)92)56-81(77)94(83)88-72(59-29-15-9-16-30-59)37-24-38-73(88)60-31-17-10-18-32-60/h7-56,84-85H,1-6H3. The molecule has 0 spiro atoms. The molecule has 0 radical (unpaired) electrons. The van der Waals surface area contributed by atoms with Gasteiger partial charge in [0.2, 0.25) is 0 Å². The van der Waals surface area contributed by atoms with Crippen LogP contribution in [0.1, 0.15) is 52.7 Å². The van der Waals surface area contributed by atoms with Gasteiger partial charge < -0.3 is 14.4 Å². The van der Waals surface area contributed by atoms with Crippen molar-refractivity contribution in [3.63, 3.8) is 0 Å². The van der Waals surface area contributed by atoms with Crippen LogP contribution in [0.5, 0.6) is 0 Å². The average molecular weight is 1200 g/mol. The van der Waals surface area contributed by atoms with Crippen molar-refractivity contribution in [1.82, 2.24) is 4.57 Å². The van der Waals surface area contributed by atoms with Crippen molar-refractivity contribution in [3.8, 4) is 50.2 Å². The Bertz CT molecular complexity index is 5220. The summed E-state index contributed by atoms with van der Waals surface area (Å²) in [5.41, 5.74) is 33.9. The van der Waals surface area contributed by atoms with Gasteiger partial charge in [-0.2, -0.15) is 0 Å². The number of allylic oxidation sites excluding steroid dienone is 14. The maximum atomic E-state index is 2.71. The Morgan fingerprint density at radius 1 is 0.340 bits per heavy atom. The van der Waals surface area contributed by atoms with Gasteiger partial charge in [-0.05, 0) is 137 Å². The van der Waals surface area contributed by atoms with Crippen molar-refractivity contribution in [3.05, 3.63) is 342 Å². The van der Waals surface area contributed by atoms with E-state index in [9.17, 15) is 0 Å². The van der Waals surface area contributed by atoms with E-state index in [0.29, 0.717) is 5.92 Å². The number of fused-ring (bicyclic) bond motifs is 7. The summed E-state index contributed by atoms with van der Waals surface area (Å²) in [6, 6.07) is 96.0. The molecule has 448 valence electrons. The summed E-state index contributed by atoms with van der Waals surface area (Å²) in [6.07, 6.45) is 19.6. The summed E-state index contributed by atoms with van der Waals surface area (Å²) < 4.78 is 2.49. The third-order valence-corrected chi connectivity index (χ3v) is 20.8. The maximum Gasteiger partial charge on any atom is 0.252 e. The second kappa shape index (κ2) is 21.3. The lowest BCUT2D eigenvalue weighted by molar-refractivity contribution is 0.500. The average Bonchev–Trinajstić information content (AvgIpc) is 0.757. The Labute approximate surface area is 552 Å². The first-order chi connectivity index (χ1) is 45.9. The predicted octanol–water partition coefficient (Wildman–Crippen LogP) is 21.7. The number of nitrogens with zero attached hydrogens (tertiary/aromatic N) is 3. The fraction of sp³-hybridized carbons (Fsp3) is 0.111. The highest BCUT2D eigenvalue weighted by atomic mass is 15.2. The van der Waals surface area contributed by atoms with E-state index >= 15 is 0 Å². The van der Waals surface area contributed by atoms with Gasteiger partial charge in [-0.25, -0.2) is 0 Å². The summed E-state index contributed by atoms with van der Waals surface area (Å²) >= 11 is 0. The number of anilines is 6. The molecule has 2 atom stereocenters. The van der Waals surface area contributed by atoms with Gasteiger partial charge in [0.15, 0.2) is 0 Å². The van der Waals surface area contributed by atoms with Crippen molar-refractivity contribution in [1.29, 1.82) is 0 Å². The van der Waals surface area contributed by atoms with Crippen LogP contribution in [0.3, 0.4) is 0 Å². The van der Waals surface area contributed by atoms with E-state index in [1.165, 1.54) is 111 Å². The second-order valence-electron chi connectivity index (χ2n) is 28.4. The Morgan fingerprint density at radius 2 is 0.777 bits per heavy atom. The van der Waals surface area contributed by atoms with Gasteiger partial charge in [0.1, 0.15) is 0 Å². The van der Waals surface area contributed by atoms with Crippen LogP contribution in [0.2, 0.25) is 0 Å². The van der Waals surface area contributed by atoms with Crippen LogP contribution >= 0.6 is 0 Å². The molecule has 2 unspecified atom stereocenters. The van der Waals surface area contributed by atoms with E-state index in [1.54, 1.807) is 0 Å². The molecule has 2 aliphatic heterocycles. The second-order valence-corrected chi connectivity index (χ2v) is 28.4. The van der Waals surface area contributed by atoms with E-state index < -0.39 is 0 Å². The topological polar surface area (TPSA) is 11.4 Å². The lowest BCUT2D eigenvalue weighted by Gasteiger charge is -2.46. The highest BCUT2D eigenvalue weighted by Gasteiger charge is 2.47. The van der Waals surface area contributed by atoms with E-state index in [4.69, 9.17) is 0 Å². The third kappa shape index (κ3) is 8.80. The minimum absolute atomic E-state index is 0.0573. The molecule has 1 aromatic heterocycles. The lowest BCUT2D eigenvalue weighted by atomic mass is 9.33. The highest BCUT2D eigenvalue weighted by molar-refractivity contribution is 7.00. The van der Waals surface area contributed by atoms with Crippen molar-refractivity contribution < 1.29 is 0 Å². The Hall–Kier alpha value is -10.9. The molecule has 0 fully saturated rings. The molecule has 0 amide bonds. The van der Waals surface area contributed by atoms with Gasteiger partial charge in [-0.15, -0.1) is 0 Å². The minimum atomic E-state index is -0.281. The highest BCUT2D eigenvalue weighted by Crippen LogP contribution is 2.56. The first kappa shape index (κ1) is 55.9. The van der Waals surface area contributed by atoms with Crippen LogP contribution in [0.15, 0.2) is 331 Å². The van der Waals surface area contributed by atoms with Crippen LogP contribution in [0.25, 0.3) is 77.6 Å². The molecule has 94 heavy (non-hydrogen) atoms. The zero-order valence-corrected chi connectivity index (χ0v) is 53.9. The molecule has 18 rings (SSSR count). The molecule has 11 aromatic carbocycles. The largest absolute Gasteiger partial charge is 0.310 e. The van der Waals surface area contributed by atoms with Crippen molar-refractivity contribution >= 4 is 84.6 Å². The maximum absolute atomic E-state index is 2.71. The summed E-state index contributed by atoms with van der Waals surface area (Å²) in [5.74, 6) is 0.570. The molecule has 3 heterocycles. The Morgan fingerprint density at radius 3 is 1.26 bits per heavy atom. The molecule has 0 N–H and O–H groups in total. The molecular weight excluding hydrogens is 1130 g/mol. The van der Waals surface area contributed by atoms with Crippen molar-refractivity contribution in [2.45, 2.75) is 47.0 Å². The zero-order valence-electron chi connectivity index (χ0n) is 53.9. The fourth-order valence-corrected chi connectivity index (χ4v) is 16.3. The summed E-state index contributed by atoms with van der Waals surface area (Å²) in [4.78, 5) is 5.40. The molecule has 0 bridgehead atoms. The SMILES string of the molecule is CC(C)(C)C1=CC2=CC=C3C=C(c4ccc5c(c4)N(c4c(-c6ccccc6)cccc4-c4ccccc4)c4cc(C(C)(C)C)cc6c4B5c4ccc(-n5c7ccccc7c7ccccc75)cc4N6c4c(-c5ccccc5)cccc4-c4ccccc4)C=C4C=CC(=C1)C2C34. The number of benzene rings is 11. The molecule has 3 nitrogen and oxygen atoms in total. The van der Waals surface area contributed by atoms with Crippen LogP contribution in [0, 0.1) is 17.3 Å². The first-order valence-corrected chi connectivity index (χ1v) is 33.4. The predicted molar refractivity (Wildman–Crippen MR) is 399 cm³/mol. The Kier molecular flexibility index (Phi) is 12.7. The number of rotatable bonds is 8. The fourth-order valence-electron chi connectivity index (χ4n) is 16.3. The molecule has 12 aromatic rings. The molecule has 4 aliphatic carbocycles. The molecule has 0 saturated carbocycles. The summed E-state index contributed by atoms with van der Waals surface area (Å²) in [6.45, 7) is 14.0. The van der Waals surface area contributed by atoms with Crippen LogP contribution in [-0.2, 0) is 5.41 Å². The van der Waals surface area contributed by atoms with Gasteiger partial charge in [0.05, 0.1) is 22.4 Å². The number of hydrogen-bond donors (Lipinski definition) is 0. The smallest absolute Gasteiger partial charge is 0.252 e. The van der Waals surface area contributed by atoms with Gasteiger partial charge in [0.25, 0.3) is 6.71 Å². The van der Waals surface area contributed by atoms with Crippen LogP contribution in [0.4, 0.5) is 34.1 Å². The lowest BCUT2D eigenvalue weighted by Crippen LogP contribution is -2.61. The summed E-state index contributed by atoms with van der Waals surface area (Å²) in [5, 5.41) is 2.48. The molecule has 6 aliphatic rings. The molecular formula is C90H70BN3. The zero-order chi connectivity index (χ0) is 63.1. The van der Waals surface area contributed by atoms with E-state index in [2.05, 4.69) is 359 Å². The van der Waals surface area contributed by atoms with E-state index in [1.807, 2.05) is 0 Å². The molecule has 4 heteroatoms. The first-order valence-electron chi connectivity index (χ1n) is 33.4. The van der Waals surface area contributed by atoms with Gasteiger partial charge in [0, 0.05) is 73.3 Å². The number of para-hydroxylation sites is 4. The third-order valence-electron chi connectivity index (χ3n) is 20.8. The summed E-state index contributed by atoms with van der Waals surface area (Å²) in [7, 11) is 0. The number of hydrogen-bond acceptors (Lipinski definition) is 2. The Balaban J connectivity index is 0.962. The monoisotopic (exact) mass is 1200 g/mol. The number of aromatic nitrogens is 1. The van der Waals surface area contributed by atoms with Crippen molar-refractivity contribution in [2.24, 2.45) is 17.3 Å². The van der Waals surface area contributed by atoms with Gasteiger partial charge in [-0.1, -0.05) is 302 Å². The van der Waals surface area contributed by atoms with E-state index in [-0.39, 0.29) is 23.5 Å². The van der Waals surface area contributed by atoms with Crippen LogP contribution in [-0.4, -0.2) is 11.3 Å². The van der Waals surface area contributed by atoms with Crippen molar-refractivity contribution in [2.75, 3.05) is 9.80 Å². The quantitative estimate of drug-likeness (QED) is 0.141. The van der Waals surface area contributed by atoms with Gasteiger partial charge in [-0.3, -0.25) is 0 Å².